The molecule has 1 unspecified atom stereocenters. The van der Waals surface area contributed by atoms with Crippen LogP contribution in [0.25, 0.3) is 0 Å². The molecular weight excluding hydrogens is 396 g/mol. The van der Waals surface area contributed by atoms with Crippen LogP contribution in [0.3, 0.4) is 0 Å². The van der Waals surface area contributed by atoms with Crippen molar-refractivity contribution in [3.8, 4) is 0 Å². The number of halogens is 1. The molecule has 1 saturated carbocycles. The van der Waals surface area contributed by atoms with E-state index in [1.807, 2.05) is 41.3 Å². The Labute approximate surface area is 160 Å². The van der Waals surface area contributed by atoms with Gasteiger partial charge in [0.05, 0.1) is 17.7 Å². The number of nitrogens with zero attached hydrogens (tertiary/aromatic N) is 2. The van der Waals surface area contributed by atoms with E-state index in [0.717, 1.165) is 21.3 Å². The van der Waals surface area contributed by atoms with Gasteiger partial charge in [-0.05, 0) is 58.5 Å². The Balaban J connectivity index is 1.58. The highest BCUT2D eigenvalue weighted by atomic mass is 79.9. The molecule has 2 aromatic rings. The summed E-state index contributed by atoms with van der Waals surface area (Å²) < 4.78 is 0.936. The van der Waals surface area contributed by atoms with Crippen LogP contribution in [-0.2, 0) is 11.2 Å². The Morgan fingerprint density at radius 2 is 2.00 bits per heavy atom. The average Bonchev–Trinajstić information content (AvgIpc) is 2.85. The van der Waals surface area contributed by atoms with Gasteiger partial charge in [-0.15, -0.1) is 0 Å². The van der Waals surface area contributed by atoms with E-state index < -0.39 is 5.97 Å². The molecule has 1 fully saturated rings. The normalized spacial score (nSPS) is 24.3. The molecule has 1 aliphatic carbocycles. The molecule has 6 heteroatoms. The molecule has 4 rings (SSSR count). The smallest absolute Gasteiger partial charge is 0.306 e. The first-order chi connectivity index (χ1) is 12.5. The zero-order chi connectivity index (χ0) is 18.3. The molecule has 1 amide bonds. The second-order valence-corrected chi connectivity index (χ2v) is 7.92. The van der Waals surface area contributed by atoms with Crippen LogP contribution in [0, 0.1) is 11.8 Å². The number of carbonyl (C=O) groups excluding carboxylic acids is 1. The van der Waals surface area contributed by atoms with Gasteiger partial charge in [0.1, 0.15) is 0 Å². The van der Waals surface area contributed by atoms with Crippen molar-refractivity contribution in [3.05, 3.63) is 63.9 Å². The second-order valence-electron chi connectivity index (χ2n) is 7.07. The summed E-state index contributed by atoms with van der Waals surface area (Å²) in [4.78, 5) is 30.4. The van der Waals surface area contributed by atoms with Gasteiger partial charge in [0, 0.05) is 29.2 Å². The highest BCUT2D eigenvalue weighted by molar-refractivity contribution is 9.10. The molecule has 134 valence electrons. The molecule has 1 N–H and O–H groups in total. The van der Waals surface area contributed by atoms with Crippen molar-refractivity contribution in [1.29, 1.82) is 0 Å². The van der Waals surface area contributed by atoms with E-state index in [4.69, 9.17) is 5.11 Å². The molecule has 1 aromatic carbocycles. The molecule has 0 bridgehead atoms. The average molecular weight is 415 g/mol. The molecule has 1 aliphatic heterocycles. The second kappa shape index (κ2) is 6.83. The number of fused-ring (bicyclic) bond motifs is 1. The summed E-state index contributed by atoms with van der Waals surface area (Å²) in [5.74, 6) is -0.699. The van der Waals surface area contributed by atoms with Gasteiger partial charge in [-0.3, -0.25) is 14.6 Å². The zero-order valence-electron chi connectivity index (χ0n) is 14.1. The van der Waals surface area contributed by atoms with Gasteiger partial charge in [-0.2, -0.15) is 0 Å². The molecule has 1 atom stereocenters. The Hall–Kier alpha value is -2.21. The highest BCUT2D eigenvalue weighted by Gasteiger charge is 2.42. The third-order valence-corrected chi connectivity index (χ3v) is 6.17. The van der Waals surface area contributed by atoms with Gasteiger partial charge < -0.3 is 10.0 Å². The lowest BCUT2D eigenvalue weighted by Gasteiger charge is -2.37. The van der Waals surface area contributed by atoms with Gasteiger partial charge in [-0.1, -0.05) is 18.2 Å². The number of rotatable bonds is 5. The number of carbonyl (C=O) groups is 2. The van der Waals surface area contributed by atoms with E-state index >= 15 is 0 Å². The van der Waals surface area contributed by atoms with E-state index in [9.17, 15) is 9.59 Å². The topological polar surface area (TPSA) is 70.5 Å². The maximum Gasteiger partial charge on any atom is 0.306 e. The maximum atomic E-state index is 13.0. The number of hydrogen-bond donors (Lipinski definition) is 1. The van der Waals surface area contributed by atoms with E-state index in [-0.39, 0.29) is 23.8 Å². The first-order valence-electron chi connectivity index (χ1n) is 8.76. The Kier molecular flexibility index (Phi) is 4.53. The fourth-order valence-electron chi connectivity index (χ4n) is 3.99. The quantitative estimate of drug-likeness (QED) is 0.809. The summed E-state index contributed by atoms with van der Waals surface area (Å²) in [6.45, 7) is 0.604. The van der Waals surface area contributed by atoms with Crippen LogP contribution in [0.1, 0.15) is 40.5 Å². The number of carboxylic acid groups (broad SMARTS) is 1. The Morgan fingerprint density at radius 1 is 1.23 bits per heavy atom. The summed E-state index contributed by atoms with van der Waals surface area (Å²) >= 11 is 3.55. The van der Waals surface area contributed by atoms with Crippen LogP contribution in [0.5, 0.6) is 0 Å². The molecule has 2 heterocycles. The van der Waals surface area contributed by atoms with Crippen molar-refractivity contribution in [2.45, 2.75) is 25.3 Å². The number of pyridine rings is 1. The van der Waals surface area contributed by atoms with Crippen molar-refractivity contribution in [1.82, 2.24) is 9.88 Å². The SMILES string of the molecule is O=C(O)C1CC(CN2C(=O)c3ccccc3C2Cc2ncccc2Br)C1. The van der Waals surface area contributed by atoms with Crippen molar-refractivity contribution < 1.29 is 14.7 Å². The minimum absolute atomic E-state index is 0.0384. The number of hydrogen-bond acceptors (Lipinski definition) is 3. The number of amides is 1. The molecule has 0 spiro atoms. The fraction of sp³-hybridized carbons (Fsp3) is 0.350. The van der Waals surface area contributed by atoms with Crippen LogP contribution in [-0.4, -0.2) is 33.4 Å². The van der Waals surface area contributed by atoms with Gasteiger partial charge >= 0.3 is 5.97 Å². The van der Waals surface area contributed by atoms with E-state index in [0.29, 0.717) is 25.8 Å². The van der Waals surface area contributed by atoms with Crippen molar-refractivity contribution in [2.75, 3.05) is 6.54 Å². The molecule has 0 radical (unpaired) electrons. The van der Waals surface area contributed by atoms with Crippen molar-refractivity contribution in [3.63, 3.8) is 0 Å². The summed E-state index contributed by atoms with van der Waals surface area (Å²) in [7, 11) is 0. The number of carboxylic acids is 1. The lowest BCUT2D eigenvalue weighted by Crippen LogP contribution is -2.41. The van der Waals surface area contributed by atoms with Crippen LogP contribution in [0.15, 0.2) is 47.1 Å². The van der Waals surface area contributed by atoms with E-state index in [1.54, 1.807) is 6.20 Å². The first-order valence-corrected chi connectivity index (χ1v) is 9.56. The van der Waals surface area contributed by atoms with Gasteiger partial charge in [0.25, 0.3) is 5.91 Å². The molecule has 5 nitrogen and oxygen atoms in total. The van der Waals surface area contributed by atoms with Crippen LogP contribution in [0.4, 0.5) is 0 Å². The highest BCUT2D eigenvalue weighted by Crippen LogP contribution is 2.41. The van der Waals surface area contributed by atoms with E-state index in [1.165, 1.54) is 0 Å². The third-order valence-electron chi connectivity index (χ3n) is 5.45. The number of benzene rings is 1. The summed E-state index contributed by atoms with van der Waals surface area (Å²) in [6.07, 6.45) is 3.70. The predicted molar refractivity (Wildman–Crippen MR) is 99.7 cm³/mol. The van der Waals surface area contributed by atoms with Crippen LogP contribution >= 0.6 is 15.9 Å². The minimum atomic E-state index is -0.730. The zero-order valence-corrected chi connectivity index (χ0v) is 15.7. The van der Waals surface area contributed by atoms with Crippen molar-refractivity contribution in [2.24, 2.45) is 11.8 Å². The predicted octanol–water partition coefficient (Wildman–Crippen LogP) is 3.69. The number of aliphatic carboxylic acids is 1. The van der Waals surface area contributed by atoms with E-state index in [2.05, 4.69) is 20.9 Å². The summed E-state index contributed by atoms with van der Waals surface area (Å²) in [5, 5.41) is 9.09. The monoisotopic (exact) mass is 414 g/mol. The van der Waals surface area contributed by atoms with Gasteiger partial charge in [0.15, 0.2) is 0 Å². The number of aromatic nitrogens is 1. The lowest BCUT2D eigenvalue weighted by atomic mass is 9.74. The van der Waals surface area contributed by atoms with Crippen LogP contribution in [0.2, 0.25) is 0 Å². The van der Waals surface area contributed by atoms with Crippen molar-refractivity contribution >= 4 is 27.8 Å². The summed E-state index contributed by atoms with van der Waals surface area (Å²) in [6, 6.07) is 11.5. The first kappa shape index (κ1) is 17.2. The molecule has 0 saturated heterocycles. The minimum Gasteiger partial charge on any atom is -0.481 e. The molecule has 1 aromatic heterocycles. The van der Waals surface area contributed by atoms with Gasteiger partial charge in [-0.25, -0.2) is 0 Å². The lowest BCUT2D eigenvalue weighted by molar-refractivity contribution is -0.146. The molecule has 2 aliphatic rings. The molecular formula is C20H19BrN2O3. The Morgan fingerprint density at radius 3 is 2.73 bits per heavy atom. The fourth-order valence-corrected chi connectivity index (χ4v) is 4.41. The van der Waals surface area contributed by atoms with Crippen LogP contribution < -0.4 is 0 Å². The Bertz CT molecular complexity index is 864. The largest absolute Gasteiger partial charge is 0.481 e. The standard InChI is InChI=1S/C20H19BrN2O3/c21-16-6-3-7-22-17(16)10-18-14-4-1-2-5-15(14)19(24)23(18)11-12-8-13(9-12)20(25)26/h1-7,12-13,18H,8-11H2,(H,25,26). The summed E-state index contributed by atoms with van der Waals surface area (Å²) in [5.41, 5.74) is 2.70. The third kappa shape index (κ3) is 3.03. The van der Waals surface area contributed by atoms with Gasteiger partial charge in [0.2, 0.25) is 0 Å². The molecule has 26 heavy (non-hydrogen) atoms. The maximum absolute atomic E-state index is 13.0.